The van der Waals surface area contributed by atoms with Crippen LogP contribution >= 0.6 is 31.9 Å². The number of nitrogens with zero attached hydrogens (tertiary/aromatic N) is 4. The number of pyridine rings is 2. The zero-order valence-corrected chi connectivity index (χ0v) is 28.3. The van der Waals surface area contributed by atoms with Crippen LogP contribution in [-0.4, -0.2) is 95.9 Å². The molecule has 0 fully saturated rings. The number of rotatable bonds is 8. The molecule has 0 aromatic carbocycles. The van der Waals surface area contributed by atoms with Gasteiger partial charge < -0.3 is 34.1 Å². The molecule has 0 atom stereocenters. The summed E-state index contributed by atoms with van der Waals surface area (Å²) in [6.07, 6.45) is 2.33. The van der Waals surface area contributed by atoms with Crippen LogP contribution in [0.25, 0.3) is 0 Å². The van der Waals surface area contributed by atoms with Gasteiger partial charge in [-0.25, -0.2) is 15.4 Å². The lowest BCUT2D eigenvalue weighted by atomic mass is 10.2. The summed E-state index contributed by atoms with van der Waals surface area (Å²) in [7, 11) is 9.21. The summed E-state index contributed by atoms with van der Waals surface area (Å²) in [5.41, 5.74) is 1.62. The average molecular weight is 740 g/mol. The number of carbonyl (C=O) groups excluding carboxylic acids is 2. The summed E-state index contributed by atoms with van der Waals surface area (Å²) in [5.74, 6) is 3.51. The molecule has 2 heterocycles. The highest BCUT2D eigenvalue weighted by Gasteiger charge is 2.14. The lowest BCUT2D eigenvalue weighted by molar-refractivity contribution is 0.0526. The fourth-order valence-corrected chi connectivity index (χ4v) is 3.79. The molecule has 0 unspecified atom stereocenters. The molecule has 0 radical (unpaired) electrons. The van der Waals surface area contributed by atoms with Gasteiger partial charge in [0.1, 0.15) is 5.60 Å². The number of hydrogen-bond acceptors (Lipinski definition) is 9. The van der Waals surface area contributed by atoms with Gasteiger partial charge in [-0.1, -0.05) is 7.43 Å². The monoisotopic (exact) mass is 737 g/mol. The van der Waals surface area contributed by atoms with Crippen molar-refractivity contribution in [3.63, 3.8) is 0 Å². The number of aromatic carboxylic acids is 1. The summed E-state index contributed by atoms with van der Waals surface area (Å²) in [5, 5.41) is 11.4. The smallest absolute Gasteiger partial charge is 0.421 e. The van der Waals surface area contributed by atoms with E-state index in [1.54, 1.807) is 34.0 Å². The predicted octanol–water partition coefficient (Wildman–Crippen LogP) is 2.42. The first-order valence-electron chi connectivity index (χ1n) is 12.6. The van der Waals surface area contributed by atoms with Crippen LogP contribution in [0.15, 0.2) is 43.1 Å². The van der Waals surface area contributed by atoms with Gasteiger partial charge in [0.25, 0.3) is 17.0 Å². The Morgan fingerprint density at radius 1 is 0.907 bits per heavy atom. The molecule has 14 nitrogen and oxygen atoms in total. The highest BCUT2D eigenvalue weighted by atomic mass is 79.9. The molecule has 0 spiro atoms. The number of halogens is 2. The van der Waals surface area contributed by atoms with Gasteiger partial charge in [-0.15, -0.1) is 0 Å². The minimum Gasteiger partial charge on any atom is -0.478 e. The van der Waals surface area contributed by atoms with Crippen molar-refractivity contribution in [1.82, 2.24) is 29.7 Å². The molecule has 0 saturated carbocycles. The number of nitrogens with two attached hydrogens (primary N) is 1. The Hall–Kier alpha value is -3.05. The van der Waals surface area contributed by atoms with E-state index < -0.39 is 17.7 Å². The van der Waals surface area contributed by atoms with E-state index in [1.807, 2.05) is 43.4 Å². The van der Waals surface area contributed by atoms with Gasteiger partial charge in [0.2, 0.25) is 0 Å². The molecule has 2 aromatic rings. The second-order valence-electron chi connectivity index (χ2n) is 10.3. The Labute approximate surface area is 269 Å². The van der Waals surface area contributed by atoms with Crippen molar-refractivity contribution < 1.29 is 24.2 Å². The van der Waals surface area contributed by atoms with E-state index in [-0.39, 0.29) is 34.5 Å². The van der Waals surface area contributed by atoms with Crippen LogP contribution in [0.5, 0.6) is 0 Å². The summed E-state index contributed by atoms with van der Waals surface area (Å²) in [4.78, 5) is 60.1. The number of carboxylic acids is 1. The number of hydrazine groups is 1. The van der Waals surface area contributed by atoms with E-state index >= 15 is 0 Å². The molecule has 0 bridgehead atoms. The van der Waals surface area contributed by atoms with E-state index in [9.17, 15) is 24.0 Å². The van der Waals surface area contributed by atoms with Gasteiger partial charge in [0.15, 0.2) is 0 Å². The van der Waals surface area contributed by atoms with Crippen molar-refractivity contribution in [3.8, 4) is 0 Å². The van der Waals surface area contributed by atoms with Crippen molar-refractivity contribution >= 4 is 49.8 Å². The second-order valence-corrected chi connectivity index (χ2v) is 12.0. The zero-order chi connectivity index (χ0) is 32.8. The van der Waals surface area contributed by atoms with Crippen molar-refractivity contribution in [1.29, 1.82) is 0 Å². The topological polar surface area (TPSA) is 181 Å². The molecule has 0 saturated heterocycles. The molecule has 2 aromatic heterocycles. The molecule has 244 valence electrons. The van der Waals surface area contributed by atoms with Gasteiger partial charge in [-0.2, -0.15) is 0 Å². The van der Waals surface area contributed by atoms with Crippen molar-refractivity contribution in [2.24, 2.45) is 5.84 Å². The lowest BCUT2D eigenvalue weighted by Crippen LogP contribution is -2.36. The Bertz CT molecular complexity index is 1320. The number of nitrogens with one attached hydrogen (secondary N) is 2. The quantitative estimate of drug-likeness (QED) is 0.178. The minimum atomic E-state index is -1.04. The third kappa shape index (κ3) is 17.0. The Balaban J connectivity index is 0. The van der Waals surface area contributed by atoms with E-state index in [4.69, 9.17) is 15.7 Å². The molecule has 0 aliphatic heterocycles. The maximum absolute atomic E-state index is 11.8. The number of amides is 2. The number of carbonyl (C=O) groups is 3. The third-order valence-corrected chi connectivity index (χ3v) is 6.05. The molecular formula is C27H45Br2N7O7. The molecule has 16 heteroatoms. The third-order valence-electron chi connectivity index (χ3n) is 4.91. The molecule has 5 N–H and O–H groups in total. The van der Waals surface area contributed by atoms with E-state index in [2.05, 4.69) is 37.2 Å². The molecule has 0 aliphatic rings. The maximum Gasteiger partial charge on any atom is 0.421 e. The summed E-state index contributed by atoms with van der Waals surface area (Å²) < 4.78 is 8.31. The fourth-order valence-electron chi connectivity index (χ4n) is 2.84. The van der Waals surface area contributed by atoms with Gasteiger partial charge >= 0.3 is 12.1 Å². The molecule has 43 heavy (non-hydrogen) atoms. The van der Waals surface area contributed by atoms with Gasteiger partial charge in [0, 0.05) is 45.6 Å². The van der Waals surface area contributed by atoms with Crippen LogP contribution in [-0.2, 0) is 17.8 Å². The largest absolute Gasteiger partial charge is 0.478 e. The maximum atomic E-state index is 11.8. The highest BCUT2D eigenvalue weighted by Crippen LogP contribution is 2.08. The Morgan fingerprint density at radius 2 is 1.30 bits per heavy atom. The van der Waals surface area contributed by atoms with Crippen molar-refractivity contribution in [2.45, 2.75) is 46.9 Å². The first-order chi connectivity index (χ1) is 19.3. The Kier molecular flexibility index (Phi) is 19.6. The number of aromatic nitrogens is 2. The number of ether oxygens (including phenoxy) is 1. The Morgan fingerprint density at radius 3 is 1.60 bits per heavy atom. The van der Waals surface area contributed by atoms with Gasteiger partial charge in [-0.05, 0) is 93.0 Å². The van der Waals surface area contributed by atoms with E-state index in [1.165, 1.54) is 27.5 Å². The summed E-state index contributed by atoms with van der Waals surface area (Å²) in [6.45, 7) is 7.73. The molecular weight excluding hydrogens is 694 g/mol. The predicted molar refractivity (Wildman–Crippen MR) is 175 cm³/mol. The first-order valence-corrected chi connectivity index (χ1v) is 14.2. The second kappa shape index (κ2) is 20.0. The van der Waals surface area contributed by atoms with Crippen LogP contribution < -0.4 is 27.7 Å². The van der Waals surface area contributed by atoms with E-state index in [0.717, 1.165) is 6.54 Å². The van der Waals surface area contributed by atoms with Crippen LogP contribution in [0.2, 0.25) is 0 Å². The van der Waals surface area contributed by atoms with E-state index in [0.29, 0.717) is 29.7 Å². The standard InChI is InChI=1S/C11H16BrN3O2.C10H13BrN2O3.C5H12N2O2.CH4/c1-13-10(16)8-6-9(12)11(17)15(7-8)5-4-14(2)3;1-12(2)3-4-13-6-7(10(15)16)5-8(11)9(13)14;1-5(2,3)9-4(8)7-6;/h6-7H,4-5H2,1-3H3,(H,13,16);5-6H,3-4H2,1-2H3,(H,15,16);6H2,1-3H3,(H,7,8);1H4. The summed E-state index contributed by atoms with van der Waals surface area (Å²) in [6, 6.07) is 2.85. The molecule has 2 amide bonds. The van der Waals surface area contributed by atoms with Crippen LogP contribution in [0, 0.1) is 0 Å². The SMILES string of the molecule is C.CC(C)(C)OC(=O)NN.CN(C)CCn1cc(C(=O)O)cc(Br)c1=O.CNC(=O)c1cc(Br)c(=O)n(CCN(C)C)c1. The number of carboxylic acid groups (broad SMARTS) is 1. The van der Waals surface area contributed by atoms with Crippen molar-refractivity contribution in [3.05, 3.63) is 65.3 Å². The van der Waals surface area contributed by atoms with Crippen LogP contribution in [0.3, 0.4) is 0 Å². The zero-order valence-electron chi connectivity index (χ0n) is 25.2. The highest BCUT2D eigenvalue weighted by molar-refractivity contribution is 9.10. The fraction of sp³-hybridized carbons (Fsp3) is 0.519. The number of likely N-dealkylation sites (N-methyl/N-ethyl adjacent to an activating group) is 2. The summed E-state index contributed by atoms with van der Waals surface area (Å²) >= 11 is 6.24. The number of hydrogen-bond donors (Lipinski definition) is 4. The van der Waals surface area contributed by atoms with Gasteiger partial charge in [-0.3, -0.25) is 19.8 Å². The molecule has 0 aliphatic carbocycles. The van der Waals surface area contributed by atoms with Crippen LogP contribution in [0.4, 0.5) is 4.79 Å². The average Bonchev–Trinajstić information content (AvgIpc) is 2.89. The van der Waals surface area contributed by atoms with Crippen molar-refractivity contribution in [2.75, 3.05) is 48.3 Å². The lowest BCUT2D eigenvalue weighted by Gasteiger charge is -2.18. The van der Waals surface area contributed by atoms with Crippen LogP contribution in [0.1, 0.15) is 48.9 Å². The molecule has 2 rings (SSSR count). The first kappa shape index (κ1) is 42.1. The van der Waals surface area contributed by atoms with Gasteiger partial charge in [0.05, 0.1) is 20.1 Å². The minimum absolute atomic E-state index is 0. The normalized spacial score (nSPS) is 10.4.